The first-order valence-corrected chi connectivity index (χ1v) is 3.56. The van der Waals surface area contributed by atoms with Gasteiger partial charge in [-0.15, -0.1) is 0 Å². The number of likely N-dealkylation sites (N-methyl/N-ethyl adjacent to an activating group) is 1. The van der Waals surface area contributed by atoms with Crippen LogP contribution in [-0.4, -0.2) is 31.1 Å². The quantitative estimate of drug-likeness (QED) is 0.607. The van der Waals surface area contributed by atoms with Gasteiger partial charge < -0.3 is 5.73 Å². The van der Waals surface area contributed by atoms with Crippen LogP contribution in [0.25, 0.3) is 0 Å². The van der Waals surface area contributed by atoms with Gasteiger partial charge in [-0.1, -0.05) is 6.92 Å². The highest BCUT2D eigenvalue weighted by molar-refractivity contribution is 4.89. The lowest BCUT2D eigenvalue weighted by Crippen LogP contribution is -2.34. The van der Waals surface area contributed by atoms with Crippen molar-refractivity contribution in [3.05, 3.63) is 0 Å². The van der Waals surface area contributed by atoms with Crippen molar-refractivity contribution < 1.29 is 0 Å². The first-order valence-electron chi connectivity index (χ1n) is 3.56. The average Bonchev–Trinajstić information content (AvgIpc) is 1.91. The third-order valence-corrected chi connectivity index (χ3v) is 1.55. The minimum absolute atomic E-state index is 0.0311. The number of rotatable bonds is 4. The second-order valence-electron chi connectivity index (χ2n) is 2.32. The van der Waals surface area contributed by atoms with Crippen LogP contribution in [0.4, 0.5) is 0 Å². The molecule has 0 amide bonds. The maximum atomic E-state index is 8.59. The van der Waals surface area contributed by atoms with Crippen LogP contribution in [0.5, 0.6) is 0 Å². The summed E-state index contributed by atoms with van der Waals surface area (Å²) < 4.78 is 0. The normalized spacial score (nSPS) is 13.1. The van der Waals surface area contributed by atoms with E-state index in [0.717, 1.165) is 13.0 Å². The maximum Gasteiger partial charge on any atom is 0.0973 e. The van der Waals surface area contributed by atoms with Crippen LogP contribution in [0.3, 0.4) is 0 Å². The van der Waals surface area contributed by atoms with Crippen molar-refractivity contribution >= 4 is 0 Å². The Labute approximate surface area is 62.4 Å². The molecular weight excluding hydrogens is 126 g/mol. The van der Waals surface area contributed by atoms with Gasteiger partial charge in [0.05, 0.1) is 12.1 Å². The number of nitrogens with zero attached hydrogens (tertiary/aromatic N) is 2. The summed E-state index contributed by atoms with van der Waals surface area (Å²) in [4.78, 5) is 1.97. The molecule has 0 saturated carbocycles. The summed E-state index contributed by atoms with van der Waals surface area (Å²) >= 11 is 0. The molecule has 0 rings (SSSR count). The summed E-state index contributed by atoms with van der Waals surface area (Å²) in [5, 5.41) is 8.59. The summed E-state index contributed by atoms with van der Waals surface area (Å²) in [5.41, 5.74) is 5.33. The van der Waals surface area contributed by atoms with E-state index in [2.05, 4.69) is 6.07 Å². The van der Waals surface area contributed by atoms with Gasteiger partial charge in [-0.3, -0.25) is 4.90 Å². The molecule has 1 unspecified atom stereocenters. The second kappa shape index (κ2) is 5.21. The Morgan fingerprint density at radius 3 is 2.60 bits per heavy atom. The molecule has 3 heteroatoms. The molecule has 0 spiro atoms. The van der Waals surface area contributed by atoms with Crippen molar-refractivity contribution in [2.75, 3.05) is 20.1 Å². The minimum Gasteiger partial charge on any atom is -0.329 e. The Kier molecular flexibility index (Phi) is 4.91. The molecule has 0 heterocycles. The smallest absolute Gasteiger partial charge is 0.0973 e. The van der Waals surface area contributed by atoms with Gasteiger partial charge in [0.2, 0.25) is 0 Å². The van der Waals surface area contributed by atoms with Crippen LogP contribution < -0.4 is 5.73 Å². The molecule has 1 atom stereocenters. The Hall–Kier alpha value is -0.590. The van der Waals surface area contributed by atoms with E-state index in [4.69, 9.17) is 11.0 Å². The average molecular weight is 141 g/mol. The molecular formula is C7H15N3. The Bertz CT molecular complexity index is 117. The molecule has 0 aromatic rings. The fourth-order valence-electron chi connectivity index (χ4n) is 0.861. The van der Waals surface area contributed by atoms with Crippen LogP contribution in [0.1, 0.15) is 13.3 Å². The highest BCUT2D eigenvalue weighted by Gasteiger charge is 2.08. The van der Waals surface area contributed by atoms with Crippen LogP contribution in [-0.2, 0) is 0 Å². The SMILES string of the molecule is CCC(C#N)N(C)CCN. The van der Waals surface area contributed by atoms with Crippen LogP contribution in [0.2, 0.25) is 0 Å². The largest absolute Gasteiger partial charge is 0.329 e. The summed E-state index contributed by atoms with van der Waals surface area (Å²) in [7, 11) is 1.92. The molecule has 3 nitrogen and oxygen atoms in total. The fourth-order valence-corrected chi connectivity index (χ4v) is 0.861. The summed E-state index contributed by atoms with van der Waals surface area (Å²) in [6.07, 6.45) is 0.868. The van der Waals surface area contributed by atoms with Crippen LogP contribution in [0, 0.1) is 11.3 Å². The molecule has 0 fully saturated rings. The highest BCUT2D eigenvalue weighted by Crippen LogP contribution is 1.97. The van der Waals surface area contributed by atoms with E-state index in [1.807, 2.05) is 18.9 Å². The van der Waals surface area contributed by atoms with Crippen LogP contribution >= 0.6 is 0 Å². The molecule has 0 aromatic carbocycles. The molecule has 0 saturated heterocycles. The fraction of sp³-hybridized carbons (Fsp3) is 0.857. The topological polar surface area (TPSA) is 53.0 Å². The predicted molar refractivity (Wildman–Crippen MR) is 41.4 cm³/mol. The Balaban J connectivity index is 3.67. The second-order valence-corrected chi connectivity index (χ2v) is 2.32. The number of hydrogen-bond acceptors (Lipinski definition) is 3. The predicted octanol–water partition coefficient (Wildman–Crippen LogP) is 0.179. The van der Waals surface area contributed by atoms with Gasteiger partial charge in [0.15, 0.2) is 0 Å². The van der Waals surface area contributed by atoms with E-state index >= 15 is 0 Å². The van der Waals surface area contributed by atoms with Crippen molar-refractivity contribution in [1.29, 1.82) is 5.26 Å². The zero-order valence-corrected chi connectivity index (χ0v) is 6.67. The zero-order valence-electron chi connectivity index (χ0n) is 6.67. The van der Waals surface area contributed by atoms with Gasteiger partial charge in [0.25, 0.3) is 0 Å². The molecule has 0 aliphatic heterocycles. The van der Waals surface area contributed by atoms with E-state index < -0.39 is 0 Å². The van der Waals surface area contributed by atoms with Crippen LogP contribution in [0.15, 0.2) is 0 Å². The molecule has 58 valence electrons. The summed E-state index contributed by atoms with van der Waals surface area (Å²) in [6, 6.07) is 2.24. The van der Waals surface area contributed by atoms with Gasteiger partial charge in [-0.25, -0.2) is 0 Å². The molecule has 2 N–H and O–H groups in total. The highest BCUT2D eigenvalue weighted by atomic mass is 15.1. The van der Waals surface area contributed by atoms with Gasteiger partial charge in [0.1, 0.15) is 0 Å². The Morgan fingerprint density at radius 2 is 2.30 bits per heavy atom. The molecule has 10 heavy (non-hydrogen) atoms. The lowest BCUT2D eigenvalue weighted by Gasteiger charge is -2.19. The summed E-state index contributed by atoms with van der Waals surface area (Å²) in [6.45, 7) is 3.42. The number of nitrogens with two attached hydrogens (primary N) is 1. The van der Waals surface area contributed by atoms with Gasteiger partial charge >= 0.3 is 0 Å². The van der Waals surface area contributed by atoms with E-state index in [-0.39, 0.29) is 6.04 Å². The molecule has 0 aliphatic rings. The third kappa shape index (κ3) is 2.81. The first kappa shape index (κ1) is 9.41. The van der Waals surface area contributed by atoms with E-state index in [0.29, 0.717) is 6.54 Å². The van der Waals surface area contributed by atoms with Crippen molar-refractivity contribution in [3.8, 4) is 6.07 Å². The standard InChI is InChI=1S/C7H15N3/c1-3-7(6-9)10(2)5-4-8/h7H,3-5,8H2,1-2H3. The van der Waals surface area contributed by atoms with E-state index in [9.17, 15) is 0 Å². The first-order chi connectivity index (χ1) is 4.76. The van der Waals surface area contributed by atoms with E-state index in [1.54, 1.807) is 0 Å². The van der Waals surface area contributed by atoms with Crippen molar-refractivity contribution in [3.63, 3.8) is 0 Å². The minimum atomic E-state index is 0.0311. The lowest BCUT2D eigenvalue weighted by atomic mass is 10.2. The molecule has 0 aliphatic carbocycles. The number of nitriles is 1. The molecule has 0 bridgehead atoms. The lowest BCUT2D eigenvalue weighted by molar-refractivity contribution is 0.289. The number of hydrogen-bond donors (Lipinski definition) is 1. The van der Waals surface area contributed by atoms with Crippen molar-refractivity contribution in [2.24, 2.45) is 5.73 Å². The zero-order chi connectivity index (χ0) is 7.98. The monoisotopic (exact) mass is 141 g/mol. The van der Waals surface area contributed by atoms with Gasteiger partial charge in [0, 0.05) is 13.1 Å². The maximum absolute atomic E-state index is 8.59. The molecule has 0 aromatic heterocycles. The van der Waals surface area contributed by atoms with Crippen molar-refractivity contribution in [1.82, 2.24) is 4.90 Å². The van der Waals surface area contributed by atoms with Gasteiger partial charge in [-0.05, 0) is 13.5 Å². The third-order valence-electron chi connectivity index (χ3n) is 1.55. The molecule has 0 radical (unpaired) electrons. The Morgan fingerprint density at radius 1 is 1.70 bits per heavy atom. The van der Waals surface area contributed by atoms with E-state index in [1.165, 1.54) is 0 Å². The van der Waals surface area contributed by atoms with Gasteiger partial charge in [-0.2, -0.15) is 5.26 Å². The summed E-state index contributed by atoms with van der Waals surface area (Å²) in [5.74, 6) is 0. The van der Waals surface area contributed by atoms with Crippen molar-refractivity contribution in [2.45, 2.75) is 19.4 Å².